The number of anilines is 2. The maximum absolute atomic E-state index is 13.3. The molecule has 1 aliphatic rings. The van der Waals surface area contributed by atoms with Crippen molar-refractivity contribution >= 4 is 34.8 Å². The number of aromatic nitrogens is 4. The molecule has 0 spiro atoms. The first kappa shape index (κ1) is 25.4. The largest absolute Gasteiger partial charge is 0.340 e. The Kier molecular flexibility index (Phi) is 6.81. The minimum absolute atomic E-state index is 0.104. The van der Waals surface area contributed by atoms with Crippen molar-refractivity contribution in [1.29, 1.82) is 0 Å². The van der Waals surface area contributed by atoms with E-state index in [2.05, 4.69) is 62.3 Å². The minimum atomic E-state index is -0.145. The fraction of sp³-hybridized carbons (Fsp3) is 0.414. The number of hydrogen-bond donors (Lipinski definition) is 1. The quantitative estimate of drug-likeness (QED) is 0.325. The SMILES string of the molecule is CN1CCCC1c1ccc(Cn2nc3c(c2Nc2ccccc2)c(=S)n(C)c(=O)n3CC(C)(C)C)cc1. The van der Waals surface area contributed by atoms with Crippen LogP contribution in [0.5, 0.6) is 0 Å². The lowest BCUT2D eigenvalue weighted by molar-refractivity contribution is 0.317. The third kappa shape index (κ3) is 5.13. The molecule has 2 aromatic heterocycles. The zero-order valence-corrected chi connectivity index (χ0v) is 23.2. The molecule has 0 aliphatic carbocycles. The predicted octanol–water partition coefficient (Wildman–Crippen LogP) is 5.87. The number of nitrogens with one attached hydrogen (secondary N) is 1. The molecule has 7 nitrogen and oxygen atoms in total. The molecule has 0 saturated carbocycles. The van der Waals surface area contributed by atoms with Crippen LogP contribution in [0.15, 0.2) is 59.4 Å². The lowest BCUT2D eigenvalue weighted by Gasteiger charge is -2.20. The molecule has 1 aliphatic heterocycles. The fourth-order valence-electron chi connectivity index (χ4n) is 5.23. The van der Waals surface area contributed by atoms with Crippen LogP contribution in [0.1, 0.15) is 50.8 Å². The van der Waals surface area contributed by atoms with E-state index in [-0.39, 0.29) is 11.1 Å². The molecule has 0 bridgehead atoms. The smallest absolute Gasteiger partial charge is 0.330 e. The first-order chi connectivity index (χ1) is 17.6. The van der Waals surface area contributed by atoms with Crippen LogP contribution in [0, 0.1) is 10.1 Å². The van der Waals surface area contributed by atoms with E-state index in [1.165, 1.54) is 18.4 Å². The lowest BCUT2D eigenvalue weighted by Crippen LogP contribution is -2.33. The van der Waals surface area contributed by atoms with Crippen LogP contribution in [0.4, 0.5) is 11.5 Å². The molecule has 0 radical (unpaired) electrons. The Morgan fingerprint density at radius 3 is 2.38 bits per heavy atom. The highest BCUT2D eigenvalue weighted by molar-refractivity contribution is 7.71. The molecule has 3 heterocycles. The summed E-state index contributed by atoms with van der Waals surface area (Å²) in [5.41, 5.74) is 3.81. The van der Waals surface area contributed by atoms with Gasteiger partial charge < -0.3 is 5.32 Å². The first-order valence-electron chi connectivity index (χ1n) is 12.9. The van der Waals surface area contributed by atoms with Crippen LogP contribution in [0.25, 0.3) is 11.0 Å². The highest BCUT2D eigenvalue weighted by Gasteiger charge is 2.24. The van der Waals surface area contributed by atoms with Crippen molar-refractivity contribution in [2.75, 3.05) is 18.9 Å². The molecule has 37 heavy (non-hydrogen) atoms. The summed E-state index contributed by atoms with van der Waals surface area (Å²) in [5, 5.41) is 9.33. The monoisotopic (exact) mass is 516 g/mol. The van der Waals surface area contributed by atoms with Crippen LogP contribution in [-0.4, -0.2) is 37.4 Å². The Balaban J connectivity index is 1.62. The number of hydrogen-bond acceptors (Lipinski definition) is 5. The van der Waals surface area contributed by atoms with Gasteiger partial charge in [0.05, 0.1) is 11.9 Å². The molecule has 1 fully saturated rings. The number of benzene rings is 2. The van der Waals surface area contributed by atoms with E-state index in [1.807, 2.05) is 35.0 Å². The third-order valence-electron chi connectivity index (χ3n) is 7.11. The maximum Gasteiger partial charge on any atom is 0.330 e. The fourth-order valence-corrected chi connectivity index (χ4v) is 5.49. The molecule has 4 aromatic rings. The van der Waals surface area contributed by atoms with Crippen LogP contribution < -0.4 is 11.0 Å². The van der Waals surface area contributed by atoms with Crippen molar-refractivity contribution in [3.63, 3.8) is 0 Å². The molecular formula is C29H36N6OS. The summed E-state index contributed by atoms with van der Waals surface area (Å²) < 4.78 is 5.74. The van der Waals surface area contributed by atoms with Gasteiger partial charge in [-0.05, 0) is 55.1 Å². The Hall–Kier alpha value is -3.23. The van der Waals surface area contributed by atoms with Crippen LogP contribution in [0.3, 0.4) is 0 Å². The van der Waals surface area contributed by atoms with Crippen molar-refractivity contribution in [3.05, 3.63) is 80.8 Å². The van der Waals surface area contributed by atoms with E-state index < -0.39 is 0 Å². The average Bonchev–Trinajstić information content (AvgIpc) is 3.45. The molecule has 194 valence electrons. The Morgan fingerprint density at radius 1 is 1.05 bits per heavy atom. The van der Waals surface area contributed by atoms with E-state index >= 15 is 0 Å². The summed E-state index contributed by atoms with van der Waals surface area (Å²) in [6.45, 7) is 8.62. The standard InChI is InChI=1S/C29H36N6OS/c1-29(2,3)19-34-26-24(27(37)33(5)28(34)36)25(30-22-10-7-6-8-11-22)35(31-26)18-20-13-15-21(16-14-20)23-12-9-17-32(23)4/h6-8,10-11,13-16,23,30H,9,12,17-19H2,1-5H3. The molecule has 1 N–H and O–H groups in total. The van der Waals surface area contributed by atoms with Gasteiger partial charge in [-0.25, -0.2) is 9.48 Å². The van der Waals surface area contributed by atoms with Crippen molar-refractivity contribution < 1.29 is 0 Å². The minimum Gasteiger partial charge on any atom is -0.340 e. The van der Waals surface area contributed by atoms with Gasteiger partial charge >= 0.3 is 5.69 Å². The van der Waals surface area contributed by atoms with E-state index in [4.69, 9.17) is 17.3 Å². The topological polar surface area (TPSA) is 60.0 Å². The van der Waals surface area contributed by atoms with Gasteiger partial charge in [-0.15, -0.1) is 0 Å². The number of likely N-dealkylation sites (tertiary alicyclic amines) is 1. The van der Waals surface area contributed by atoms with Crippen molar-refractivity contribution in [3.8, 4) is 0 Å². The van der Waals surface area contributed by atoms with Gasteiger partial charge in [0.1, 0.15) is 10.5 Å². The van der Waals surface area contributed by atoms with Gasteiger partial charge in [-0.1, -0.05) is 75.5 Å². The van der Waals surface area contributed by atoms with Crippen LogP contribution in [-0.2, 0) is 20.1 Å². The van der Waals surface area contributed by atoms with Gasteiger partial charge in [0.25, 0.3) is 0 Å². The number of rotatable bonds is 6. The molecule has 2 aromatic carbocycles. The first-order valence-corrected chi connectivity index (χ1v) is 13.3. The second kappa shape index (κ2) is 9.91. The lowest BCUT2D eigenvalue weighted by atomic mass is 9.97. The maximum atomic E-state index is 13.3. The summed E-state index contributed by atoms with van der Waals surface area (Å²) in [4.78, 5) is 15.7. The normalized spacial score (nSPS) is 16.5. The van der Waals surface area contributed by atoms with Crippen molar-refractivity contribution in [1.82, 2.24) is 23.8 Å². The van der Waals surface area contributed by atoms with E-state index in [9.17, 15) is 4.79 Å². The van der Waals surface area contributed by atoms with Gasteiger partial charge in [0.2, 0.25) is 0 Å². The summed E-state index contributed by atoms with van der Waals surface area (Å²) in [6, 6.07) is 19.4. The zero-order valence-electron chi connectivity index (χ0n) is 22.4. The number of para-hydroxylation sites is 1. The molecule has 1 atom stereocenters. The molecule has 1 unspecified atom stereocenters. The zero-order chi connectivity index (χ0) is 26.3. The highest BCUT2D eigenvalue weighted by atomic mass is 32.1. The number of nitrogens with zero attached hydrogens (tertiary/aromatic N) is 5. The Morgan fingerprint density at radius 2 is 1.76 bits per heavy atom. The van der Waals surface area contributed by atoms with E-state index in [0.717, 1.165) is 29.0 Å². The average molecular weight is 517 g/mol. The van der Waals surface area contributed by atoms with Crippen molar-refractivity contribution in [2.45, 2.75) is 52.7 Å². The summed E-state index contributed by atoms with van der Waals surface area (Å²) in [7, 11) is 3.94. The Bertz CT molecular complexity index is 1530. The predicted molar refractivity (Wildman–Crippen MR) is 153 cm³/mol. The Labute approximate surface area is 223 Å². The second-order valence-corrected chi connectivity index (χ2v) is 11.8. The van der Waals surface area contributed by atoms with Gasteiger partial charge in [-0.2, -0.15) is 5.10 Å². The van der Waals surface area contributed by atoms with E-state index in [1.54, 1.807) is 16.2 Å². The second-order valence-electron chi connectivity index (χ2n) is 11.4. The molecule has 1 saturated heterocycles. The van der Waals surface area contributed by atoms with Gasteiger partial charge in [0.15, 0.2) is 5.65 Å². The van der Waals surface area contributed by atoms with Gasteiger partial charge in [0, 0.05) is 25.3 Å². The van der Waals surface area contributed by atoms with Gasteiger partial charge in [-0.3, -0.25) is 14.0 Å². The van der Waals surface area contributed by atoms with E-state index in [0.29, 0.717) is 29.4 Å². The third-order valence-corrected chi connectivity index (χ3v) is 7.59. The summed E-state index contributed by atoms with van der Waals surface area (Å²) in [6.07, 6.45) is 2.45. The molecule has 5 rings (SSSR count). The molecule has 8 heteroatoms. The summed E-state index contributed by atoms with van der Waals surface area (Å²) in [5.74, 6) is 0.795. The molecule has 0 amide bonds. The van der Waals surface area contributed by atoms with Crippen LogP contribution in [0.2, 0.25) is 0 Å². The summed E-state index contributed by atoms with van der Waals surface area (Å²) >= 11 is 5.81. The van der Waals surface area contributed by atoms with Crippen molar-refractivity contribution in [2.24, 2.45) is 12.5 Å². The highest BCUT2D eigenvalue weighted by Crippen LogP contribution is 2.32. The molecular weight excluding hydrogens is 480 g/mol. The number of fused-ring (bicyclic) bond motifs is 1. The van der Waals surface area contributed by atoms with Crippen LogP contribution >= 0.6 is 12.2 Å².